The minimum atomic E-state index is -0.112. The molecule has 0 spiro atoms. The number of hydrogen-bond acceptors (Lipinski definition) is 2. The number of carbonyl (C=O) groups is 1. The molecular weight excluding hydrogens is 238 g/mol. The van der Waals surface area contributed by atoms with Gasteiger partial charge in [-0.15, -0.1) is 0 Å². The average Bonchev–Trinajstić information content (AvgIpc) is 2.93. The molecule has 0 aliphatic rings. The number of hydrogen-bond donors (Lipinski definition) is 2. The number of fused-ring (bicyclic) bond motifs is 1. The van der Waals surface area contributed by atoms with E-state index in [4.69, 9.17) is 0 Å². The van der Waals surface area contributed by atoms with Crippen molar-refractivity contribution in [2.24, 2.45) is 0 Å². The van der Waals surface area contributed by atoms with E-state index in [1.807, 2.05) is 48.7 Å². The number of pyridine rings is 1. The van der Waals surface area contributed by atoms with Crippen molar-refractivity contribution < 1.29 is 4.79 Å². The molecule has 19 heavy (non-hydrogen) atoms. The van der Waals surface area contributed by atoms with Crippen LogP contribution in [0.25, 0.3) is 11.0 Å². The highest BCUT2D eigenvalue weighted by molar-refractivity contribution is 5.96. The van der Waals surface area contributed by atoms with Gasteiger partial charge < -0.3 is 10.3 Å². The van der Waals surface area contributed by atoms with Crippen molar-refractivity contribution in [1.29, 1.82) is 0 Å². The summed E-state index contributed by atoms with van der Waals surface area (Å²) in [7, 11) is 0. The van der Waals surface area contributed by atoms with Crippen molar-refractivity contribution >= 4 is 16.9 Å². The Morgan fingerprint density at radius 2 is 2.05 bits per heavy atom. The Morgan fingerprint density at radius 1 is 1.21 bits per heavy atom. The highest BCUT2D eigenvalue weighted by Gasteiger charge is 2.07. The van der Waals surface area contributed by atoms with Crippen LogP contribution in [0, 0.1) is 0 Å². The van der Waals surface area contributed by atoms with Gasteiger partial charge in [0.25, 0.3) is 5.91 Å². The van der Waals surface area contributed by atoms with Crippen LogP contribution in [0.5, 0.6) is 0 Å². The molecule has 0 fully saturated rings. The van der Waals surface area contributed by atoms with Gasteiger partial charge in [-0.1, -0.05) is 30.3 Å². The third-order valence-corrected chi connectivity index (χ3v) is 2.96. The van der Waals surface area contributed by atoms with Gasteiger partial charge in [0, 0.05) is 24.3 Å². The van der Waals surface area contributed by atoms with E-state index >= 15 is 0 Å². The zero-order chi connectivity index (χ0) is 13.1. The summed E-state index contributed by atoms with van der Waals surface area (Å²) in [4.78, 5) is 19.2. The normalized spacial score (nSPS) is 10.5. The molecule has 1 aromatic carbocycles. The number of rotatable bonds is 3. The van der Waals surface area contributed by atoms with Gasteiger partial charge in [-0.3, -0.25) is 4.79 Å². The smallest absolute Gasteiger partial charge is 0.253 e. The number of H-pyrrole nitrogens is 1. The molecule has 0 saturated carbocycles. The summed E-state index contributed by atoms with van der Waals surface area (Å²) in [5, 5.41) is 3.82. The van der Waals surface area contributed by atoms with Crippen LogP contribution in [0.15, 0.2) is 54.9 Å². The number of benzene rings is 1. The molecule has 2 N–H and O–H groups in total. The number of aromatic nitrogens is 2. The molecule has 0 atom stereocenters. The van der Waals surface area contributed by atoms with Gasteiger partial charge in [-0.25, -0.2) is 4.98 Å². The van der Waals surface area contributed by atoms with E-state index in [2.05, 4.69) is 15.3 Å². The van der Waals surface area contributed by atoms with E-state index in [-0.39, 0.29) is 5.91 Å². The third kappa shape index (κ3) is 2.47. The molecule has 0 aliphatic heterocycles. The number of aromatic amines is 1. The second-order valence-corrected chi connectivity index (χ2v) is 4.31. The van der Waals surface area contributed by atoms with E-state index in [0.717, 1.165) is 16.6 Å². The first kappa shape index (κ1) is 11.5. The molecule has 4 nitrogen and oxygen atoms in total. The van der Waals surface area contributed by atoms with Gasteiger partial charge in [0.2, 0.25) is 0 Å². The molecule has 0 radical (unpaired) electrons. The third-order valence-electron chi connectivity index (χ3n) is 2.96. The van der Waals surface area contributed by atoms with Crippen molar-refractivity contribution in [3.63, 3.8) is 0 Å². The molecule has 0 saturated heterocycles. The zero-order valence-electron chi connectivity index (χ0n) is 10.3. The summed E-state index contributed by atoms with van der Waals surface area (Å²) in [6, 6.07) is 13.6. The zero-order valence-corrected chi connectivity index (χ0v) is 10.3. The maximum Gasteiger partial charge on any atom is 0.253 e. The fraction of sp³-hybridized carbons (Fsp3) is 0.0667. The summed E-state index contributed by atoms with van der Waals surface area (Å²) >= 11 is 0. The predicted octanol–water partition coefficient (Wildman–Crippen LogP) is 2.49. The van der Waals surface area contributed by atoms with Crippen LogP contribution in [0.3, 0.4) is 0 Å². The Labute approximate surface area is 110 Å². The van der Waals surface area contributed by atoms with Crippen LogP contribution >= 0.6 is 0 Å². The highest BCUT2D eigenvalue weighted by atomic mass is 16.1. The predicted molar refractivity (Wildman–Crippen MR) is 73.7 cm³/mol. The molecule has 3 rings (SSSR count). The Bertz CT molecular complexity index is 703. The van der Waals surface area contributed by atoms with Crippen LogP contribution in [0.4, 0.5) is 0 Å². The molecule has 0 bridgehead atoms. The van der Waals surface area contributed by atoms with Gasteiger partial charge in [-0.05, 0) is 17.7 Å². The summed E-state index contributed by atoms with van der Waals surface area (Å²) in [5.74, 6) is -0.112. The Hall–Kier alpha value is -2.62. The van der Waals surface area contributed by atoms with Gasteiger partial charge in [0.05, 0.1) is 5.56 Å². The van der Waals surface area contributed by atoms with Crippen molar-refractivity contribution in [1.82, 2.24) is 15.3 Å². The van der Waals surface area contributed by atoms with Crippen LogP contribution in [-0.4, -0.2) is 15.9 Å². The largest absolute Gasteiger partial charge is 0.348 e. The topological polar surface area (TPSA) is 57.8 Å². The molecule has 2 heterocycles. The van der Waals surface area contributed by atoms with Crippen molar-refractivity contribution in [2.45, 2.75) is 6.54 Å². The summed E-state index contributed by atoms with van der Waals surface area (Å²) in [5.41, 5.74) is 2.44. The first-order valence-electron chi connectivity index (χ1n) is 6.08. The Balaban J connectivity index is 1.73. The Kier molecular flexibility index (Phi) is 2.98. The Morgan fingerprint density at radius 3 is 2.89 bits per heavy atom. The molecular formula is C15H13N3O. The molecule has 94 valence electrons. The standard InChI is InChI=1S/C15H13N3O/c19-15(18-9-11-4-2-1-3-5-11)13-8-12-6-7-16-14(12)17-10-13/h1-8,10H,9H2,(H,16,17)(H,18,19). The lowest BCUT2D eigenvalue weighted by atomic mass is 10.2. The van der Waals surface area contributed by atoms with Gasteiger partial charge >= 0.3 is 0 Å². The maximum absolute atomic E-state index is 12.0. The molecule has 0 unspecified atom stereocenters. The minimum absolute atomic E-state index is 0.112. The molecule has 3 aromatic rings. The maximum atomic E-state index is 12.0. The lowest BCUT2D eigenvalue weighted by Crippen LogP contribution is -2.22. The van der Waals surface area contributed by atoms with Crippen LogP contribution < -0.4 is 5.32 Å². The average molecular weight is 251 g/mol. The number of carbonyl (C=O) groups excluding carboxylic acids is 1. The fourth-order valence-electron chi connectivity index (χ4n) is 1.94. The summed E-state index contributed by atoms with van der Waals surface area (Å²) in [6.45, 7) is 0.519. The van der Waals surface area contributed by atoms with Gasteiger partial charge in [-0.2, -0.15) is 0 Å². The SMILES string of the molecule is O=C(NCc1ccccc1)c1cnc2[nH]ccc2c1. The monoisotopic (exact) mass is 251 g/mol. The van der Waals surface area contributed by atoms with Crippen molar-refractivity contribution in [3.05, 3.63) is 66.0 Å². The molecule has 1 amide bonds. The van der Waals surface area contributed by atoms with Crippen molar-refractivity contribution in [3.8, 4) is 0 Å². The van der Waals surface area contributed by atoms with Crippen LogP contribution in [0.1, 0.15) is 15.9 Å². The van der Waals surface area contributed by atoms with E-state index in [0.29, 0.717) is 12.1 Å². The van der Waals surface area contributed by atoms with E-state index in [9.17, 15) is 4.79 Å². The van der Waals surface area contributed by atoms with Crippen LogP contribution in [-0.2, 0) is 6.54 Å². The second kappa shape index (κ2) is 4.94. The first-order valence-corrected chi connectivity index (χ1v) is 6.08. The first-order chi connectivity index (χ1) is 9.33. The summed E-state index contributed by atoms with van der Waals surface area (Å²) < 4.78 is 0. The van der Waals surface area contributed by atoms with E-state index in [1.165, 1.54) is 0 Å². The molecule has 4 heteroatoms. The van der Waals surface area contributed by atoms with E-state index in [1.54, 1.807) is 6.20 Å². The number of nitrogens with zero attached hydrogens (tertiary/aromatic N) is 1. The lowest BCUT2D eigenvalue weighted by Gasteiger charge is -2.05. The van der Waals surface area contributed by atoms with Crippen molar-refractivity contribution in [2.75, 3.05) is 0 Å². The van der Waals surface area contributed by atoms with Crippen LogP contribution in [0.2, 0.25) is 0 Å². The van der Waals surface area contributed by atoms with Gasteiger partial charge in [0.15, 0.2) is 0 Å². The lowest BCUT2D eigenvalue weighted by molar-refractivity contribution is 0.0950. The number of nitrogens with one attached hydrogen (secondary N) is 2. The quantitative estimate of drug-likeness (QED) is 0.751. The van der Waals surface area contributed by atoms with Gasteiger partial charge in [0.1, 0.15) is 5.65 Å². The molecule has 2 aromatic heterocycles. The minimum Gasteiger partial charge on any atom is -0.348 e. The highest BCUT2D eigenvalue weighted by Crippen LogP contribution is 2.11. The summed E-state index contributed by atoms with van der Waals surface area (Å²) in [6.07, 6.45) is 3.39. The second-order valence-electron chi connectivity index (χ2n) is 4.31. The number of amides is 1. The fourth-order valence-corrected chi connectivity index (χ4v) is 1.94. The molecule has 0 aliphatic carbocycles. The van der Waals surface area contributed by atoms with E-state index < -0.39 is 0 Å².